The standard InChI is InChI=1S/C12H14BrN3S/c1-16(7-11-8-17-12(14)15-11)6-9-3-2-4-10(13)5-9/h2-5,8H,6-7H2,1H3,(H2,14,15). The molecule has 2 rings (SSSR count). The van der Waals surface area contributed by atoms with Crippen molar-refractivity contribution in [1.82, 2.24) is 9.88 Å². The Hall–Kier alpha value is -0.910. The lowest BCUT2D eigenvalue weighted by Gasteiger charge is -2.15. The van der Waals surface area contributed by atoms with Crippen LogP contribution in [-0.4, -0.2) is 16.9 Å². The van der Waals surface area contributed by atoms with Crippen LogP contribution >= 0.6 is 27.3 Å². The Morgan fingerprint density at radius 1 is 1.41 bits per heavy atom. The van der Waals surface area contributed by atoms with Gasteiger partial charge in [0.1, 0.15) is 0 Å². The van der Waals surface area contributed by atoms with Crippen molar-refractivity contribution in [2.24, 2.45) is 0 Å². The van der Waals surface area contributed by atoms with E-state index in [0.29, 0.717) is 5.13 Å². The lowest BCUT2D eigenvalue weighted by Crippen LogP contribution is -2.17. The molecule has 0 bridgehead atoms. The first-order chi connectivity index (χ1) is 8.13. The van der Waals surface area contributed by atoms with E-state index < -0.39 is 0 Å². The minimum atomic E-state index is 0.635. The third-order valence-electron chi connectivity index (χ3n) is 2.34. The quantitative estimate of drug-likeness (QED) is 0.943. The maximum Gasteiger partial charge on any atom is 0.180 e. The molecule has 0 saturated carbocycles. The van der Waals surface area contributed by atoms with Gasteiger partial charge in [0.2, 0.25) is 0 Å². The van der Waals surface area contributed by atoms with Gasteiger partial charge in [0.25, 0.3) is 0 Å². The molecule has 5 heteroatoms. The van der Waals surface area contributed by atoms with Crippen LogP contribution in [-0.2, 0) is 13.1 Å². The Kier molecular flexibility index (Phi) is 4.15. The van der Waals surface area contributed by atoms with Gasteiger partial charge < -0.3 is 5.73 Å². The summed E-state index contributed by atoms with van der Waals surface area (Å²) in [5.74, 6) is 0. The van der Waals surface area contributed by atoms with Gasteiger partial charge in [0, 0.05) is 22.9 Å². The molecular formula is C12H14BrN3S. The molecule has 90 valence electrons. The van der Waals surface area contributed by atoms with E-state index in [1.165, 1.54) is 16.9 Å². The summed E-state index contributed by atoms with van der Waals surface area (Å²) in [6.07, 6.45) is 0. The molecule has 1 heterocycles. The summed E-state index contributed by atoms with van der Waals surface area (Å²) in [4.78, 5) is 6.47. The van der Waals surface area contributed by atoms with Gasteiger partial charge in [-0.3, -0.25) is 4.90 Å². The number of thiazole rings is 1. The molecule has 0 fully saturated rings. The van der Waals surface area contributed by atoms with E-state index in [2.05, 4.69) is 45.0 Å². The summed E-state index contributed by atoms with van der Waals surface area (Å²) in [6, 6.07) is 8.33. The van der Waals surface area contributed by atoms with E-state index in [4.69, 9.17) is 5.73 Å². The zero-order valence-electron chi connectivity index (χ0n) is 9.56. The molecule has 1 aromatic carbocycles. The summed E-state index contributed by atoms with van der Waals surface area (Å²) < 4.78 is 1.11. The van der Waals surface area contributed by atoms with Crippen LogP contribution in [0, 0.1) is 0 Å². The highest BCUT2D eigenvalue weighted by atomic mass is 79.9. The first kappa shape index (κ1) is 12.5. The summed E-state index contributed by atoms with van der Waals surface area (Å²) >= 11 is 4.96. The average molecular weight is 312 g/mol. The van der Waals surface area contributed by atoms with Crippen LogP contribution in [0.4, 0.5) is 5.13 Å². The smallest absolute Gasteiger partial charge is 0.180 e. The maximum absolute atomic E-state index is 5.61. The molecule has 3 nitrogen and oxygen atoms in total. The van der Waals surface area contributed by atoms with E-state index in [0.717, 1.165) is 23.3 Å². The molecule has 0 amide bonds. The number of nitrogens with zero attached hydrogens (tertiary/aromatic N) is 2. The average Bonchev–Trinajstić information content (AvgIpc) is 2.63. The molecule has 2 N–H and O–H groups in total. The van der Waals surface area contributed by atoms with Gasteiger partial charge in [-0.15, -0.1) is 11.3 Å². The predicted molar refractivity (Wildman–Crippen MR) is 75.8 cm³/mol. The van der Waals surface area contributed by atoms with Gasteiger partial charge in [-0.1, -0.05) is 28.1 Å². The molecule has 2 aromatic rings. The largest absolute Gasteiger partial charge is 0.375 e. The number of hydrogen-bond donors (Lipinski definition) is 1. The minimum Gasteiger partial charge on any atom is -0.375 e. The van der Waals surface area contributed by atoms with Crippen LogP contribution < -0.4 is 5.73 Å². The van der Waals surface area contributed by atoms with Crippen LogP contribution in [0.5, 0.6) is 0 Å². The lowest BCUT2D eigenvalue weighted by molar-refractivity contribution is 0.316. The number of nitrogens with two attached hydrogens (primary N) is 1. The molecule has 0 atom stereocenters. The second kappa shape index (κ2) is 5.62. The maximum atomic E-state index is 5.61. The first-order valence-electron chi connectivity index (χ1n) is 5.26. The molecule has 17 heavy (non-hydrogen) atoms. The molecule has 0 spiro atoms. The van der Waals surface area contributed by atoms with Crippen molar-refractivity contribution in [3.8, 4) is 0 Å². The van der Waals surface area contributed by atoms with Gasteiger partial charge in [-0.2, -0.15) is 0 Å². The van der Waals surface area contributed by atoms with Crippen molar-refractivity contribution in [2.45, 2.75) is 13.1 Å². The van der Waals surface area contributed by atoms with E-state index >= 15 is 0 Å². The highest BCUT2D eigenvalue weighted by Gasteiger charge is 2.05. The Morgan fingerprint density at radius 3 is 2.88 bits per heavy atom. The fraction of sp³-hybridized carbons (Fsp3) is 0.250. The SMILES string of the molecule is CN(Cc1cccc(Br)c1)Cc1csc(N)n1. The van der Waals surface area contributed by atoms with Gasteiger partial charge in [-0.05, 0) is 24.7 Å². The van der Waals surface area contributed by atoms with Gasteiger partial charge in [0.05, 0.1) is 5.69 Å². The molecule has 1 aromatic heterocycles. The van der Waals surface area contributed by atoms with Crippen molar-refractivity contribution < 1.29 is 0 Å². The Labute approximate surface area is 113 Å². The normalized spacial score (nSPS) is 11.0. The van der Waals surface area contributed by atoms with Gasteiger partial charge in [-0.25, -0.2) is 4.98 Å². The monoisotopic (exact) mass is 311 g/mol. The molecular weight excluding hydrogens is 298 g/mol. The highest BCUT2D eigenvalue weighted by Crippen LogP contribution is 2.16. The Morgan fingerprint density at radius 2 is 2.24 bits per heavy atom. The minimum absolute atomic E-state index is 0.635. The number of anilines is 1. The Bertz CT molecular complexity index is 498. The molecule has 0 saturated heterocycles. The highest BCUT2D eigenvalue weighted by molar-refractivity contribution is 9.10. The number of hydrogen-bond acceptors (Lipinski definition) is 4. The third-order valence-corrected chi connectivity index (χ3v) is 3.56. The molecule has 0 aliphatic rings. The number of benzene rings is 1. The molecule has 0 aliphatic heterocycles. The van der Waals surface area contributed by atoms with Gasteiger partial charge >= 0.3 is 0 Å². The van der Waals surface area contributed by atoms with Crippen LogP contribution in [0.15, 0.2) is 34.1 Å². The van der Waals surface area contributed by atoms with E-state index in [1.54, 1.807) is 0 Å². The summed E-state index contributed by atoms with van der Waals surface area (Å²) in [7, 11) is 2.08. The van der Waals surface area contributed by atoms with Gasteiger partial charge in [0.15, 0.2) is 5.13 Å². The second-order valence-corrected chi connectivity index (χ2v) is 5.78. The van der Waals surface area contributed by atoms with Crippen LogP contribution in [0.1, 0.15) is 11.3 Å². The number of nitrogen functional groups attached to an aromatic ring is 1. The summed E-state index contributed by atoms with van der Waals surface area (Å²) in [5, 5.41) is 2.64. The number of halogens is 1. The van der Waals surface area contributed by atoms with Crippen molar-refractivity contribution in [2.75, 3.05) is 12.8 Å². The predicted octanol–water partition coefficient (Wildman–Crippen LogP) is 3.12. The number of rotatable bonds is 4. The Balaban J connectivity index is 1.95. The van der Waals surface area contributed by atoms with Crippen molar-refractivity contribution >= 4 is 32.4 Å². The van der Waals surface area contributed by atoms with Crippen molar-refractivity contribution in [1.29, 1.82) is 0 Å². The van der Waals surface area contributed by atoms with E-state index in [-0.39, 0.29) is 0 Å². The first-order valence-corrected chi connectivity index (χ1v) is 6.93. The number of aromatic nitrogens is 1. The van der Waals surface area contributed by atoms with Crippen molar-refractivity contribution in [3.05, 3.63) is 45.4 Å². The molecule has 0 unspecified atom stereocenters. The summed E-state index contributed by atoms with van der Waals surface area (Å²) in [6.45, 7) is 1.72. The lowest BCUT2D eigenvalue weighted by atomic mass is 10.2. The zero-order chi connectivity index (χ0) is 12.3. The zero-order valence-corrected chi connectivity index (χ0v) is 12.0. The topological polar surface area (TPSA) is 42.1 Å². The van der Waals surface area contributed by atoms with E-state index in [1.807, 2.05) is 17.5 Å². The van der Waals surface area contributed by atoms with Crippen LogP contribution in [0.3, 0.4) is 0 Å². The fourth-order valence-corrected chi connectivity index (χ4v) is 2.68. The fourth-order valence-electron chi connectivity index (χ4n) is 1.67. The molecule has 0 radical (unpaired) electrons. The third kappa shape index (κ3) is 3.80. The molecule has 0 aliphatic carbocycles. The van der Waals surface area contributed by atoms with E-state index in [9.17, 15) is 0 Å². The summed E-state index contributed by atoms with van der Waals surface area (Å²) in [5.41, 5.74) is 7.92. The van der Waals surface area contributed by atoms with Crippen LogP contribution in [0.25, 0.3) is 0 Å². The van der Waals surface area contributed by atoms with Crippen molar-refractivity contribution in [3.63, 3.8) is 0 Å². The van der Waals surface area contributed by atoms with Crippen LogP contribution in [0.2, 0.25) is 0 Å². The second-order valence-electron chi connectivity index (χ2n) is 3.98.